The SMILES string of the molecule is C.C.Nc1ccc(-c2cc3c(N4CCOCC4)ncnc3[nH]2)cc1.O=C(Nc1ccc(-c2cc3c(N4CCOCC4)ncnc3[nH]2)cc1)Nc1ccc([N+](=O)[O-])cc1.O=C=Nc1ccc([N+](=O)[O-])cc1. The number of aromatic amines is 2. The second-order valence-electron chi connectivity index (χ2n) is 15.0. The molecule has 2 saturated heterocycles. The zero-order valence-corrected chi connectivity index (χ0v) is 36.1. The van der Waals surface area contributed by atoms with Gasteiger partial charge in [-0.15, -0.1) is 0 Å². The lowest BCUT2D eigenvalue weighted by Crippen LogP contribution is -2.36. The van der Waals surface area contributed by atoms with E-state index >= 15 is 0 Å². The summed E-state index contributed by atoms with van der Waals surface area (Å²) in [6.07, 6.45) is 4.50. The van der Waals surface area contributed by atoms with Crippen molar-refractivity contribution >= 4 is 79.9 Å². The number of benzene rings is 4. The van der Waals surface area contributed by atoms with Crippen LogP contribution in [0.2, 0.25) is 0 Å². The molecule has 0 unspecified atom stereocenters. The van der Waals surface area contributed by atoms with Crippen molar-refractivity contribution in [2.75, 3.05) is 78.8 Å². The number of ether oxygens (including phenoxy) is 2. The number of rotatable bonds is 9. The number of fused-ring (bicyclic) bond motifs is 2. The van der Waals surface area contributed by atoms with Crippen LogP contribution in [0.4, 0.5) is 50.6 Å². The molecule has 0 saturated carbocycles. The van der Waals surface area contributed by atoms with Crippen LogP contribution in [0.3, 0.4) is 0 Å². The van der Waals surface area contributed by atoms with Gasteiger partial charge in [0.15, 0.2) is 0 Å². The highest BCUT2D eigenvalue weighted by molar-refractivity contribution is 6.00. The van der Waals surface area contributed by atoms with Crippen molar-refractivity contribution in [2.45, 2.75) is 14.9 Å². The topological polar surface area (TPSA) is 291 Å². The van der Waals surface area contributed by atoms with E-state index in [4.69, 9.17) is 15.2 Å². The summed E-state index contributed by atoms with van der Waals surface area (Å²) in [7, 11) is 0. The number of isocyanates is 1. The Hall–Kier alpha value is -9.11. The Morgan fingerprint density at radius 2 is 1.03 bits per heavy atom. The average molecular weight is 951 g/mol. The molecule has 8 aromatic rings. The fraction of sp³-hybridized carbons (Fsp3) is 0.208. The number of nitrogens with zero attached hydrogens (tertiary/aromatic N) is 9. The van der Waals surface area contributed by atoms with Crippen LogP contribution in [0.1, 0.15) is 14.9 Å². The van der Waals surface area contributed by atoms with E-state index in [1.54, 1.807) is 24.8 Å². The van der Waals surface area contributed by atoms with Gasteiger partial charge in [0.25, 0.3) is 11.4 Å². The maximum absolute atomic E-state index is 12.3. The number of nitro benzene ring substituents is 2. The molecule has 0 bridgehead atoms. The minimum absolute atomic E-state index is 0. The third kappa shape index (κ3) is 12.5. The van der Waals surface area contributed by atoms with Crippen LogP contribution < -0.4 is 26.2 Å². The second-order valence-corrected chi connectivity index (χ2v) is 15.0. The first-order chi connectivity index (χ1) is 33.1. The Bertz CT molecular complexity index is 3050. The van der Waals surface area contributed by atoms with Gasteiger partial charge in [-0.3, -0.25) is 20.2 Å². The summed E-state index contributed by atoms with van der Waals surface area (Å²) in [5.74, 6) is 1.85. The van der Waals surface area contributed by atoms with Gasteiger partial charge in [0.2, 0.25) is 6.08 Å². The first-order valence-corrected chi connectivity index (χ1v) is 21.1. The number of aliphatic imine (C=N–C) groups is 1. The lowest BCUT2D eigenvalue weighted by atomic mass is 10.1. The van der Waals surface area contributed by atoms with E-state index in [1.807, 2.05) is 42.5 Å². The number of urea groups is 1. The molecule has 2 fully saturated rings. The number of anilines is 5. The van der Waals surface area contributed by atoms with Gasteiger partial charge in [-0.05, 0) is 71.8 Å². The number of aromatic nitrogens is 6. The Morgan fingerprint density at radius 1 is 0.629 bits per heavy atom. The minimum atomic E-state index is -0.519. The minimum Gasteiger partial charge on any atom is -0.399 e. The van der Waals surface area contributed by atoms with Crippen molar-refractivity contribution in [1.82, 2.24) is 29.9 Å². The standard InChI is InChI=1S/C23H21N7O4.C16H17N5O.C7H4N2O3.2CH4/c31-23(27-17-5-7-18(8-6-17)30(32)33)26-16-3-1-15(2-4-16)20-13-19-21(28-20)24-14-25-22(19)29-9-11-34-12-10-29;17-12-3-1-11(2-4-12)14-9-13-15(20-14)18-10-19-16(13)21-5-7-22-8-6-21;10-5-8-6-1-3-7(4-2-6)9(11)12;;/h1-8,13-14H,9-12H2,(H,24,25,28)(H2,26,27,31);1-4,9-10H,5-8,17H2,(H,18,19,20);1-4H;2*1H4. The first-order valence-electron chi connectivity index (χ1n) is 21.1. The molecule has 6 N–H and O–H groups in total. The number of nitrogens with one attached hydrogen (secondary N) is 4. The van der Waals surface area contributed by atoms with Gasteiger partial charge in [-0.1, -0.05) is 39.1 Å². The number of nitrogens with two attached hydrogens (primary N) is 1. The molecule has 22 nitrogen and oxygen atoms in total. The lowest BCUT2D eigenvalue weighted by molar-refractivity contribution is -0.385. The highest BCUT2D eigenvalue weighted by Crippen LogP contribution is 2.31. The second kappa shape index (κ2) is 23.6. The van der Waals surface area contributed by atoms with Crippen LogP contribution in [-0.4, -0.2) is 104 Å². The normalized spacial score (nSPS) is 12.9. The van der Waals surface area contributed by atoms with Crippen LogP contribution in [0.15, 0.2) is 127 Å². The van der Waals surface area contributed by atoms with E-state index < -0.39 is 15.9 Å². The van der Waals surface area contributed by atoms with Crippen LogP contribution in [0, 0.1) is 20.2 Å². The molecule has 4 aromatic carbocycles. The Balaban J connectivity index is 0.000000191. The Morgan fingerprint density at radius 3 is 1.44 bits per heavy atom. The van der Waals surface area contributed by atoms with E-state index in [9.17, 15) is 29.8 Å². The maximum Gasteiger partial charge on any atom is 0.323 e. The molecule has 2 aliphatic rings. The zero-order chi connectivity index (χ0) is 47.4. The highest BCUT2D eigenvalue weighted by atomic mass is 16.6. The summed E-state index contributed by atoms with van der Waals surface area (Å²) in [5, 5.41) is 28.3. The van der Waals surface area contributed by atoms with E-state index in [0.717, 1.165) is 101 Å². The van der Waals surface area contributed by atoms with Gasteiger partial charge < -0.3 is 45.6 Å². The number of hydrogen-bond donors (Lipinski definition) is 5. The molecule has 360 valence electrons. The number of H-pyrrole nitrogens is 2. The molecule has 70 heavy (non-hydrogen) atoms. The van der Waals surface area contributed by atoms with E-state index in [2.05, 4.69) is 61.4 Å². The average Bonchev–Trinajstić information content (AvgIpc) is 4.02. The quantitative estimate of drug-likeness (QED) is 0.0297. The number of amides is 2. The molecule has 6 heterocycles. The highest BCUT2D eigenvalue weighted by Gasteiger charge is 2.19. The van der Waals surface area contributed by atoms with Gasteiger partial charge in [0.05, 0.1) is 52.7 Å². The predicted octanol–water partition coefficient (Wildman–Crippen LogP) is 8.89. The van der Waals surface area contributed by atoms with Crippen molar-refractivity contribution in [3.63, 3.8) is 0 Å². The molecule has 0 radical (unpaired) electrons. The summed E-state index contributed by atoms with van der Waals surface area (Å²) in [5.41, 5.74) is 13.4. The lowest BCUT2D eigenvalue weighted by Gasteiger charge is -2.27. The molecule has 0 atom stereocenters. The third-order valence-corrected chi connectivity index (χ3v) is 10.7. The molecule has 0 spiro atoms. The van der Waals surface area contributed by atoms with Gasteiger partial charge in [-0.2, -0.15) is 4.99 Å². The van der Waals surface area contributed by atoms with Crippen LogP contribution in [-0.2, 0) is 14.3 Å². The van der Waals surface area contributed by atoms with Crippen molar-refractivity contribution in [1.29, 1.82) is 0 Å². The number of morpholine rings is 2. The fourth-order valence-corrected chi connectivity index (χ4v) is 7.28. The molecule has 22 heteroatoms. The van der Waals surface area contributed by atoms with Gasteiger partial charge in [0.1, 0.15) is 35.6 Å². The van der Waals surface area contributed by atoms with Crippen LogP contribution >= 0.6 is 0 Å². The van der Waals surface area contributed by atoms with Crippen molar-refractivity contribution in [3.8, 4) is 22.5 Å². The molecule has 0 aliphatic carbocycles. The summed E-state index contributed by atoms with van der Waals surface area (Å²) in [6.45, 7) is 6.11. The Kier molecular flexibility index (Phi) is 16.9. The number of nitro groups is 2. The van der Waals surface area contributed by atoms with E-state index in [-0.39, 0.29) is 26.2 Å². The first kappa shape index (κ1) is 50.3. The van der Waals surface area contributed by atoms with E-state index in [0.29, 0.717) is 30.3 Å². The maximum atomic E-state index is 12.3. The summed E-state index contributed by atoms with van der Waals surface area (Å²) in [4.78, 5) is 74.0. The summed E-state index contributed by atoms with van der Waals surface area (Å²) >= 11 is 0. The van der Waals surface area contributed by atoms with Crippen molar-refractivity contribution in [3.05, 3.63) is 142 Å². The van der Waals surface area contributed by atoms with E-state index in [1.165, 1.54) is 54.6 Å². The predicted molar refractivity (Wildman–Crippen MR) is 269 cm³/mol. The number of carbonyl (C=O) groups excluding carboxylic acids is 2. The van der Waals surface area contributed by atoms with Crippen molar-refractivity contribution in [2.24, 2.45) is 4.99 Å². The number of hydrogen-bond acceptors (Lipinski definition) is 16. The van der Waals surface area contributed by atoms with Crippen LogP contribution in [0.25, 0.3) is 44.6 Å². The third-order valence-electron chi connectivity index (χ3n) is 10.7. The molecular formula is C48H50N14O8. The molecular weight excluding hydrogens is 901 g/mol. The summed E-state index contributed by atoms with van der Waals surface area (Å²) < 4.78 is 10.9. The smallest absolute Gasteiger partial charge is 0.323 e. The largest absolute Gasteiger partial charge is 0.399 e. The van der Waals surface area contributed by atoms with Gasteiger partial charge in [0, 0.05) is 78.9 Å². The van der Waals surface area contributed by atoms with Gasteiger partial charge in [-0.25, -0.2) is 29.5 Å². The molecule has 2 aliphatic heterocycles. The molecule has 4 aromatic heterocycles. The van der Waals surface area contributed by atoms with Crippen LogP contribution in [0.5, 0.6) is 0 Å². The number of carbonyl (C=O) groups is 1. The molecule has 10 rings (SSSR count). The monoisotopic (exact) mass is 950 g/mol. The molecule has 2 amide bonds. The Labute approximate surface area is 400 Å². The zero-order valence-electron chi connectivity index (χ0n) is 36.1. The number of non-ortho nitro benzene ring substituents is 2. The van der Waals surface area contributed by atoms with Gasteiger partial charge >= 0.3 is 6.03 Å². The van der Waals surface area contributed by atoms with Crippen molar-refractivity contribution < 1.29 is 28.9 Å². The number of nitrogen functional groups attached to an aromatic ring is 1. The fourth-order valence-electron chi connectivity index (χ4n) is 7.28. The summed E-state index contributed by atoms with van der Waals surface area (Å²) in [6, 6.07) is 29.8.